The third-order valence-corrected chi connectivity index (χ3v) is 6.36. The van der Waals surface area contributed by atoms with Crippen molar-refractivity contribution in [1.82, 2.24) is 9.97 Å². The fourth-order valence-corrected chi connectivity index (χ4v) is 4.12. The molecule has 1 aliphatic carbocycles. The number of aromatic nitrogens is 2. The average Bonchev–Trinajstić information content (AvgIpc) is 3.00. The molecule has 0 bridgehead atoms. The summed E-state index contributed by atoms with van der Waals surface area (Å²) in [6, 6.07) is 30.1. The van der Waals surface area contributed by atoms with E-state index in [1.807, 2.05) is 86.2 Å². The molecule has 3 nitrogen and oxygen atoms in total. The molecule has 6 heteroatoms. The van der Waals surface area contributed by atoms with Gasteiger partial charge in [0.1, 0.15) is 0 Å². The first-order valence-corrected chi connectivity index (χ1v) is 13.4. The normalized spacial score (nSPS) is 13.0. The molecule has 2 aromatic carbocycles. The van der Waals surface area contributed by atoms with E-state index in [9.17, 15) is 0 Å². The van der Waals surface area contributed by atoms with Crippen molar-refractivity contribution < 1.29 is 60.3 Å². The molecular weight excluding hydrogens is 1050 g/mol. The Hall–Kier alpha value is -2.42. The minimum Gasteiger partial charge on any atom is -0.324 e. The molecule has 2 aliphatic rings. The molecule has 0 fully saturated rings. The van der Waals surface area contributed by atoms with Gasteiger partial charge in [-0.25, -0.2) is 0 Å². The number of allylic oxidation sites excluding steroid dienone is 5. The van der Waals surface area contributed by atoms with Crippen molar-refractivity contribution in [3.05, 3.63) is 144 Å². The van der Waals surface area contributed by atoms with E-state index in [1.165, 1.54) is 34.4 Å². The molecule has 0 unspecified atom stereocenters. The summed E-state index contributed by atoms with van der Waals surface area (Å²) >= 11 is 0. The zero-order chi connectivity index (χ0) is 27.3. The Morgan fingerprint density at radius 3 is 2.00 bits per heavy atom. The van der Waals surface area contributed by atoms with E-state index in [2.05, 4.69) is 71.3 Å². The Kier molecular flexibility index (Phi) is 18.3. The maximum Gasteiger partial charge on any atom is 0.0190 e. The number of hydrogen-bond acceptors (Lipinski definition) is 3. The molecule has 0 atom stereocenters. The van der Waals surface area contributed by atoms with Crippen LogP contribution in [0.2, 0.25) is 0 Å². The van der Waals surface area contributed by atoms with Crippen molar-refractivity contribution in [3.8, 4) is 22.5 Å². The molecular formula is C36H34Ir3N3-3. The second-order valence-corrected chi connectivity index (χ2v) is 9.56. The molecule has 42 heavy (non-hydrogen) atoms. The summed E-state index contributed by atoms with van der Waals surface area (Å²) in [5.74, 6) is 0. The minimum atomic E-state index is 0. The van der Waals surface area contributed by atoms with Gasteiger partial charge in [-0.15, -0.1) is 77.4 Å². The van der Waals surface area contributed by atoms with Crippen molar-refractivity contribution >= 4 is 5.71 Å². The summed E-state index contributed by atoms with van der Waals surface area (Å²) in [5, 5.41) is 0. The third kappa shape index (κ3) is 12.1. The van der Waals surface area contributed by atoms with Crippen molar-refractivity contribution in [2.45, 2.75) is 46.5 Å². The number of pyridine rings is 2. The van der Waals surface area contributed by atoms with Gasteiger partial charge < -0.3 is 15.0 Å². The monoisotopic (exact) mass is 1090 g/mol. The van der Waals surface area contributed by atoms with Crippen LogP contribution < -0.4 is 0 Å². The summed E-state index contributed by atoms with van der Waals surface area (Å²) in [6.07, 6.45) is 17.7. The topological polar surface area (TPSA) is 38.1 Å². The van der Waals surface area contributed by atoms with E-state index in [4.69, 9.17) is 0 Å². The average molecular weight is 1090 g/mol. The Labute approximate surface area is 291 Å². The molecule has 223 valence electrons. The van der Waals surface area contributed by atoms with E-state index in [-0.39, 0.29) is 60.3 Å². The van der Waals surface area contributed by atoms with Gasteiger partial charge >= 0.3 is 0 Å². The Bertz CT molecular complexity index is 1460. The Morgan fingerprint density at radius 1 is 0.714 bits per heavy atom. The van der Waals surface area contributed by atoms with Crippen molar-refractivity contribution in [3.63, 3.8) is 0 Å². The summed E-state index contributed by atoms with van der Waals surface area (Å²) < 4.78 is 0. The molecule has 0 spiro atoms. The van der Waals surface area contributed by atoms with Crippen LogP contribution in [0, 0.1) is 32.1 Å². The van der Waals surface area contributed by atoms with Gasteiger partial charge in [-0.05, 0) is 43.3 Å². The van der Waals surface area contributed by atoms with Gasteiger partial charge in [0, 0.05) is 78.9 Å². The van der Waals surface area contributed by atoms with Crippen LogP contribution in [-0.4, -0.2) is 15.7 Å². The second kappa shape index (κ2) is 20.5. The molecule has 3 radical (unpaired) electrons. The molecule has 1 aliphatic heterocycles. The summed E-state index contributed by atoms with van der Waals surface area (Å²) in [6.45, 7) is 6.25. The Morgan fingerprint density at radius 2 is 1.45 bits per heavy atom. The van der Waals surface area contributed by atoms with E-state index in [0.717, 1.165) is 41.8 Å². The molecule has 3 heterocycles. The third-order valence-electron chi connectivity index (χ3n) is 6.36. The zero-order valence-corrected chi connectivity index (χ0v) is 31.2. The van der Waals surface area contributed by atoms with Crippen LogP contribution in [0.4, 0.5) is 0 Å². The molecule has 0 N–H and O–H groups in total. The van der Waals surface area contributed by atoms with Crippen LogP contribution in [0.15, 0.2) is 120 Å². The predicted molar refractivity (Wildman–Crippen MR) is 162 cm³/mol. The van der Waals surface area contributed by atoms with E-state index >= 15 is 0 Å². The van der Waals surface area contributed by atoms with E-state index < -0.39 is 0 Å². The van der Waals surface area contributed by atoms with Gasteiger partial charge in [0.15, 0.2) is 0 Å². The first kappa shape index (κ1) is 37.6. The second-order valence-electron chi connectivity index (χ2n) is 9.56. The van der Waals surface area contributed by atoms with Crippen LogP contribution in [-0.2, 0) is 60.3 Å². The van der Waals surface area contributed by atoms with Gasteiger partial charge in [-0.3, -0.25) is 0 Å². The first-order valence-electron chi connectivity index (χ1n) is 13.4. The number of rotatable bonds is 3. The van der Waals surface area contributed by atoms with Crippen molar-refractivity contribution in [2.24, 2.45) is 4.99 Å². The number of nitrogens with zero attached hydrogens (tertiary/aromatic N) is 3. The molecule has 2 aromatic heterocycles. The van der Waals surface area contributed by atoms with Crippen LogP contribution >= 0.6 is 0 Å². The van der Waals surface area contributed by atoms with Crippen LogP contribution in [0.5, 0.6) is 0 Å². The number of aliphatic imine (C=N–C) groups is 1. The van der Waals surface area contributed by atoms with Crippen molar-refractivity contribution in [2.75, 3.05) is 0 Å². The molecule has 0 saturated heterocycles. The van der Waals surface area contributed by atoms with Crippen LogP contribution in [0.25, 0.3) is 22.5 Å². The van der Waals surface area contributed by atoms with Crippen LogP contribution in [0.1, 0.15) is 43.7 Å². The molecule has 0 amide bonds. The number of benzene rings is 2. The summed E-state index contributed by atoms with van der Waals surface area (Å²) in [7, 11) is 0. The fraction of sp³-hybridized carbons (Fsp3) is 0.194. The van der Waals surface area contributed by atoms with Gasteiger partial charge in [0.2, 0.25) is 0 Å². The number of hydrogen-bond donors (Lipinski definition) is 0. The smallest absolute Gasteiger partial charge is 0.0190 e. The number of aryl methyl sites for hydroxylation is 2. The van der Waals surface area contributed by atoms with Crippen LogP contribution in [0.3, 0.4) is 0 Å². The molecule has 6 rings (SSSR count). The summed E-state index contributed by atoms with van der Waals surface area (Å²) in [5.41, 5.74) is 10.4. The van der Waals surface area contributed by atoms with Gasteiger partial charge in [-0.1, -0.05) is 61.7 Å². The van der Waals surface area contributed by atoms with Gasteiger partial charge in [-0.2, -0.15) is 17.7 Å². The standard InChI is InChI=1S/C12H14N.2C12H10N.3Ir/c1-10-5-7-11(8-6-10)12-4-2-3-9-13-12;1-10-6-5-9-13-12(10)11-7-3-2-4-8-11;1-10-7-8-12(13-9-10)11-5-3-2-4-6-11;;;/h3,5,9H,2,4,6,8H2,1H3;2-7,9H,1H3;2-5,7-9H,1H3;;;/q3*-1;;;. The van der Waals surface area contributed by atoms with Gasteiger partial charge in [0.05, 0.1) is 0 Å². The van der Waals surface area contributed by atoms with Crippen molar-refractivity contribution in [1.29, 1.82) is 0 Å². The van der Waals surface area contributed by atoms with Gasteiger partial charge in [0.25, 0.3) is 0 Å². The molecule has 4 aromatic rings. The maximum atomic E-state index is 4.39. The van der Waals surface area contributed by atoms with E-state index in [0.29, 0.717) is 0 Å². The Balaban J connectivity index is 0.000000304. The fourth-order valence-electron chi connectivity index (χ4n) is 4.12. The summed E-state index contributed by atoms with van der Waals surface area (Å²) in [4.78, 5) is 13.0. The quantitative estimate of drug-likeness (QED) is 0.193. The van der Waals surface area contributed by atoms with E-state index in [1.54, 1.807) is 0 Å². The zero-order valence-electron chi connectivity index (χ0n) is 24.0. The maximum absolute atomic E-state index is 4.39. The first-order chi connectivity index (χ1) is 19.1. The molecule has 0 saturated carbocycles. The SMILES string of the molecule is CC1=C[C-]=C(C2=NC=CCC2)CC1.Cc1ccc(-c2[c-]cccc2)nc1.Cc1cccnc1-c1[c-]cccc1.[Ir].[Ir].[Ir]. The minimum absolute atomic E-state index is 0. The largest absolute Gasteiger partial charge is 0.324 e. The predicted octanol–water partition coefficient (Wildman–Crippen LogP) is 8.91.